The van der Waals surface area contributed by atoms with Gasteiger partial charge in [-0.15, -0.1) is 0 Å². The van der Waals surface area contributed by atoms with Gasteiger partial charge in [0, 0.05) is 6.04 Å². The van der Waals surface area contributed by atoms with Crippen molar-refractivity contribution in [2.24, 2.45) is 17.8 Å². The summed E-state index contributed by atoms with van der Waals surface area (Å²) >= 11 is 0. The number of amides is 1. The molecule has 0 aromatic rings. The first-order valence-corrected chi connectivity index (χ1v) is 6.11. The maximum absolute atomic E-state index is 11.7. The molecule has 16 heavy (non-hydrogen) atoms. The third kappa shape index (κ3) is 2.54. The third-order valence-electron chi connectivity index (χ3n) is 3.73. The maximum atomic E-state index is 11.7. The number of carbonyl (C=O) groups is 2. The molecular formula is C12H19NO3. The van der Waals surface area contributed by atoms with Crippen molar-refractivity contribution in [3.8, 4) is 0 Å². The molecule has 0 aromatic heterocycles. The fourth-order valence-electron chi connectivity index (χ4n) is 2.63. The van der Waals surface area contributed by atoms with Crippen LogP contribution in [0.4, 0.5) is 0 Å². The number of carbonyl (C=O) groups excluding carboxylic acids is 1. The van der Waals surface area contributed by atoms with E-state index < -0.39 is 11.9 Å². The fraction of sp³-hybridized carbons (Fsp3) is 0.833. The number of rotatable bonds is 3. The number of aliphatic carboxylic acids is 1. The molecule has 2 aliphatic carbocycles. The Bertz CT molecular complexity index is 303. The summed E-state index contributed by atoms with van der Waals surface area (Å²) in [7, 11) is 0. The summed E-state index contributed by atoms with van der Waals surface area (Å²) < 4.78 is 0. The minimum Gasteiger partial charge on any atom is -0.481 e. The third-order valence-corrected chi connectivity index (χ3v) is 3.73. The molecule has 4 heteroatoms. The van der Waals surface area contributed by atoms with Crippen LogP contribution < -0.4 is 5.32 Å². The molecule has 0 saturated heterocycles. The van der Waals surface area contributed by atoms with Crippen molar-refractivity contribution in [2.75, 3.05) is 0 Å². The van der Waals surface area contributed by atoms with Crippen molar-refractivity contribution in [3.05, 3.63) is 0 Å². The molecule has 2 saturated carbocycles. The summed E-state index contributed by atoms with van der Waals surface area (Å²) in [6.07, 6.45) is 5.01. The van der Waals surface area contributed by atoms with Gasteiger partial charge in [0.05, 0.1) is 11.8 Å². The Morgan fingerprint density at radius 2 is 1.94 bits per heavy atom. The van der Waals surface area contributed by atoms with Crippen molar-refractivity contribution >= 4 is 11.9 Å². The Kier molecular flexibility index (Phi) is 3.17. The molecule has 2 N–H and O–H groups in total. The molecule has 2 aliphatic rings. The standard InChI is InChI=1S/C12H19NO3/c1-7-3-2-4-8(5-7)13-11(14)9-6-10(9)12(15)16/h7-10H,2-6H2,1H3,(H,13,14)(H,15,16)/t7?,8?,9-,10+/m1/s1. The van der Waals surface area contributed by atoms with E-state index in [0.717, 1.165) is 12.8 Å². The van der Waals surface area contributed by atoms with Gasteiger partial charge in [0.25, 0.3) is 0 Å². The van der Waals surface area contributed by atoms with Crippen LogP contribution in [-0.4, -0.2) is 23.0 Å². The first-order valence-electron chi connectivity index (χ1n) is 6.11. The number of hydrogen-bond donors (Lipinski definition) is 2. The number of hydrogen-bond acceptors (Lipinski definition) is 2. The lowest BCUT2D eigenvalue weighted by Gasteiger charge is -2.27. The van der Waals surface area contributed by atoms with Crippen LogP contribution >= 0.6 is 0 Å². The van der Waals surface area contributed by atoms with Crippen molar-refractivity contribution in [1.82, 2.24) is 5.32 Å². The second-order valence-corrected chi connectivity index (χ2v) is 5.26. The molecule has 4 atom stereocenters. The predicted molar refractivity (Wildman–Crippen MR) is 58.8 cm³/mol. The van der Waals surface area contributed by atoms with Crippen molar-refractivity contribution in [3.63, 3.8) is 0 Å². The van der Waals surface area contributed by atoms with Crippen molar-refractivity contribution < 1.29 is 14.7 Å². The van der Waals surface area contributed by atoms with Crippen LogP contribution in [-0.2, 0) is 9.59 Å². The van der Waals surface area contributed by atoms with E-state index in [1.165, 1.54) is 12.8 Å². The van der Waals surface area contributed by atoms with E-state index in [1.54, 1.807) is 0 Å². The Hall–Kier alpha value is -1.06. The van der Waals surface area contributed by atoms with E-state index in [-0.39, 0.29) is 17.9 Å². The molecular weight excluding hydrogens is 206 g/mol. The maximum Gasteiger partial charge on any atom is 0.307 e. The molecule has 2 fully saturated rings. The largest absolute Gasteiger partial charge is 0.481 e. The summed E-state index contributed by atoms with van der Waals surface area (Å²) in [6, 6.07) is 0.270. The van der Waals surface area contributed by atoms with E-state index >= 15 is 0 Å². The van der Waals surface area contributed by atoms with E-state index in [4.69, 9.17) is 5.11 Å². The van der Waals surface area contributed by atoms with Gasteiger partial charge < -0.3 is 10.4 Å². The monoisotopic (exact) mass is 225 g/mol. The zero-order valence-electron chi connectivity index (χ0n) is 9.61. The minimum absolute atomic E-state index is 0.0495. The molecule has 0 radical (unpaired) electrons. The lowest BCUT2D eigenvalue weighted by molar-refractivity contribution is -0.140. The summed E-state index contributed by atoms with van der Waals surface area (Å²) in [5, 5.41) is 11.7. The molecule has 0 spiro atoms. The van der Waals surface area contributed by atoms with Gasteiger partial charge in [-0.25, -0.2) is 0 Å². The molecule has 0 bridgehead atoms. The van der Waals surface area contributed by atoms with E-state index in [2.05, 4.69) is 12.2 Å². The summed E-state index contributed by atoms with van der Waals surface area (Å²) in [5.41, 5.74) is 0. The van der Waals surface area contributed by atoms with Gasteiger partial charge in [0.2, 0.25) is 5.91 Å². The van der Waals surface area contributed by atoms with Crippen LogP contribution in [0.5, 0.6) is 0 Å². The molecule has 2 rings (SSSR count). The van der Waals surface area contributed by atoms with Gasteiger partial charge in [-0.1, -0.05) is 19.8 Å². The van der Waals surface area contributed by atoms with Crippen LogP contribution in [0.25, 0.3) is 0 Å². The molecule has 90 valence electrons. The lowest BCUT2D eigenvalue weighted by Crippen LogP contribution is -2.39. The SMILES string of the molecule is CC1CCCC(NC(=O)[C@@H]2C[C@@H]2C(=O)O)C1. The fourth-order valence-corrected chi connectivity index (χ4v) is 2.63. The predicted octanol–water partition coefficient (Wildman–Crippen LogP) is 1.40. The molecule has 4 nitrogen and oxygen atoms in total. The van der Waals surface area contributed by atoms with Crippen LogP contribution in [0.3, 0.4) is 0 Å². The number of carboxylic acids is 1. The smallest absolute Gasteiger partial charge is 0.307 e. The Morgan fingerprint density at radius 3 is 2.50 bits per heavy atom. The molecule has 0 aliphatic heterocycles. The molecule has 0 heterocycles. The van der Waals surface area contributed by atoms with Gasteiger partial charge in [-0.05, 0) is 25.2 Å². The van der Waals surface area contributed by atoms with E-state index in [0.29, 0.717) is 12.3 Å². The average molecular weight is 225 g/mol. The lowest BCUT2D eigenvalue weighted by atomic mass is 9.87. The van der Waals surface area contributed by atoms with Gasteiger partial charge in [0.1, 0.15) is 0 Å². The Balaban J connectivity index is 1.77. The zero-order chi connectivity index (χ0) is 11.7. The highest BCUT2D eigenvalue weighted by Gasteiger charge is 2.48. The second-order valence-electron chi connectivity index (χ2n) is 5.26. The van der Waals surface area contributed by atoms with Crippen LogP contribution in [0.1, 0.15) is 39.0 Å². The normalized spacial score (nSPS) is 37.8. The average Bonchev–Trinajstić information content (AvgIpc) is 2.96. The van der Waals surface area contributed by atoms with Crippen LogP contribution in [0.15, 0.2) is 0 Å². The van der Waals surface area contributed by atoms with Gasteiger partial charge >= 0.3 is 5.97 Å². The highest BCUT2D eigenvalue weighted by atomic mass is 16.4. The van der Waals surface area contributed by atoms with Gasteiger partial charge in [-0.3, -0.25) is 9.59 Å². The quantitative estimate of drug-likeness (QED) is 0.763. The molecule has 2 unspecified atom stereocenters. The number of nitrogens with one attached hydrogen (secondary N) is 1. The van der Waals surface area contributed by atoms with E-state index in [1.807, 2.05) is 0 Å². The first kappa shape index (κ1) is 11.4. The van der Waals surface area contributed by atoms with Crippen LogP contribution in [0.2, 0.25) is 0 Å². The highest BCUT2D eigenvalue weighted by Crippen LogP contribution is 2.39. The Labute approximate surface area is 95.4 Å². The van der Waals surface area contributed by atoms with Crippen LogP contribution in [0, 0.1) is 17.8 Å². The zero-order valence-corrected chi connectivity index (χ0v) is 9.61. The number of carboxylic acid groups (broad SMARTS) is 1. The van der Waals surface area contributed by atoms with Crippen molar-refractivity contribution in [1.29, 1.82) is 0 Å². The van der Waals surface area contributed by atoms with Gasteiger partial charge in [0.15, 0.2) is 0 Å². The Morgan fingerprint density at radius 1 is 1.19 bits per heavy atom. The summed E-state index contributed by atoms with van der Waals surface area (Å²) in [4.78, 5) is 22.4. The first-order chi connectivity index (χ1) is 7.58. The summed E-state index contributed by atoms with van der Waals surface area (Å²) in [6.45, 7) is 2.20. The van der Waals surface area contributed by atoms with Gasteiger partial charge in [-0.2, -0.15) is 0 Å². The van der Waals surface area contributed by atoms with E-state index in [9.17, 15) is 9.59 Å². The summed E-state index contributed by atoms with van der Waals surface area (Å²) in [5.74, 6) is -0.909. The minimum atomic E-state index is -0.836. The highest BCUT2D eigenvalue weighted by molar-refractivity contribution is 5.89. The molecule has 0 aromatic carbocycles. The molecule has 1 amide bonds. The van der Waals surface area contributed by atoms with Crippen molar-refractivity contribution in [2.45, 2.75) is 45.1 Å². The second kappa shape index (κ2) is 4.44. The topological polar surface area (TPSA) is 66.4 Å².